The Morgan fingerprint density at radius 2 is 1.82 bits per heavy atom. The van der Waals surface area contributed by atoms with Gasteiger partial charge < -0.3 is 10.2 Å². The van der Waals surface area contributed by atoms with Gasteiger partial charge >= 0.3 is 0 Å². The van der Waals surface area contributed by atoms with Gasteiger partial charge in [-0.25, -0.2) is 0 Å². The van der Waals surface area contributed by atoms with Gasteiger partial charge in [-0.1, -0.05) is 44.5 Å². The van der Waals surface area contributed by atoms with E-state index in [1.807, 2.05) is 0 Å². The molecule has 1 N–H and O–H groups in total. The first-order valence-electron chi connectivity index (χ1n) is 6.74. The van der Waals surface area contributed by atoms with Crippen molar-refractivity contribution in [2.24, 2.45) is 0 Å². The van der Waals surface area contributed by atoms with Crippen molar-refractivity contribution in [1.82, 2.24) is 10.2 Å². The van der Waals surface area contributed by atoms with Gasteiger partial charge in [0.15, 0.2) is 0 Å². The Kier molecular flexibility index (Phi) is 6.90. The zero-order chi connectivity index (χ0) is 12.5. The molecule has 1 rings (SSSR count). The van der Waals surface area contributed by atoms with Crippen LogP contribution in [0.1, 0.15) is 37.8 Å². The fourth-order valence-electron chi connectivity index (χ4n) is 1.94. The van der Waals surface area contributed by atoms with Crippen LogP contribution in [0.25, 0.3) is 0 Å². The maximum absolute atomic E-state index is 3.40. The lowest BCUT2D eigenvalue weighted by Gasteiger charge is -2.18. The van der Waals surface area contributed by atoms with E-state index in [0.717, 1.165) is 19.6 Å². The molecule has 0 saturated heterocycles. The molecule has 17 heavy (non-hydrogen) atoms. The van der Waals surface area contributed by atoms with E-state index in [1.165, 1.54) is 30.5 Å². The van der Waals surface area contributed by atoms with Crippen LogP contribution >= 0.6 is 0 Å². The maximum atomic E-state index is 3.40. The molecular formula is C15H26N2. The summed E-state index contributed by atoms with van der Waals surface area (Å²) in [6.07, 6.45) is 2.55. The second-order valence-corrected chi connectivity index (χ2v) is 4.64. The van der Waals surface area contributed by atoms with Gasteiger partial charge in [0.2, 0.25) is 0 Å². The Balaban J connectivity index is 2.56. The zero-order valence-electron chi connectivity index (χ0n) is 11.5. The van der Waals surface area contributed by atoms with E-state index >= 15 is 0 Å². The van der Waals surface area contributed by atoms with Crippen LogP contribution < -0.4 is 5.32 Å². The molecule has 0 radical (unpaired) electrons. The average molecular weight is 234 g/mol. The predicted molar refractivity (Wildman–Crippen MR) is 75.1 cm³/mol. The molecule has 2 nitrogen and oxygen atoms in total. The highest BCUT2D eigenvalue weighted by Gasteiger charge is 2.04. The number of nitrogens with one attached hydrogen (secondary N) is 1. The van der Waals surface area contributed by atoms with Crippen LogP contribution in [0, 0.1) is 0 Å². The lowest BCUT2D eigenvalue weighted by atomic mass is 10.1. The number of nitrogens with zero attached hydrogens (tertiary/aromatic N) is 1. The van der Waals surface area contributed by atoms with Gasteiger partial charge in [-0.3, -0.25) is 0 Å². The van der Waals surface area contributed by atoms with Crippen molar-refractivity contribution in [2.45, 2.75) is 39.8 Å². The molecule has 1 aromatic carbocycles. The molecule has 2 heteroatoms. The van der Waals surface area contributed by atoms with Crippen molar-refractivity contribution in [1.29, 1.82) is 0 Å². The van der Waals surface area contributed by atoms with Gasteiger partial charge in [-0.2, -0.15) is 0 Å². The lowest BCUT2D eigenvalue weighted by Crippen LogP contribution is -2.21. The van der Waals surface area contributed by atoms with E-state index in [1.54, 1.807) is 0 Å². The normalized spacial score (nSPS) is 11.1. The van der Waals surface area contributed by atoms with Crippen molar-refractivity contribution in [3.63, 3.8) is 0 Å². The first kappa shape index (κ1) is 14.2. The standard InChI is InChI=1S/C15H26N2/c1-4-6-11-17(3)13-15-10-8-7-9-14(15)12-16-5-2/h7-10,16H,4-6,11-13H2,1-3H3. The third kappa shape index (κ3) is 5.33. The minimum atomic E-state index is 0.980. The number of hydrogen-bond donors (Lipinski definition) is 1. The Morgan fingerprint density at radius 1 is 1.12 bits per heavy atom. The summed E-state index contributed by atoms with van der Waals surface area (Å²) in [6.45, 7) is 8.64. The summed E-state index contributed by atoms with van der Waals surface area (Å²) in [4.78, 5) is 2.41. The zero-order valence-corrected chi connectivity index (χ0v) is 11.5. The quantitative estimate of drug-likeness (QED) is 0.744. The average Bonchev–Trinajstić information content (AvgIpc) is 2.35. The van der Waals surface area contributed by atoms with Gasteiger partial charge in [-0.15, -0.1) is 0 Å². The highest BCUT2D eigenvalue weighted by Crippen LogP contribution is 2.11. The number of hydrogen-bond acceptors (Lipinski definition) is 2. The lowest BCUT2D eigenvalue weighted by molar-refractivity contribution is 0.319. The molecular weight excluding hydrogens is 208 g/mol. The van der Waals surface area contributed by atoms with Gasteiger partial charge in [0, 0.05) is 13.1 Å². The monoisotopic (exact) mass is 234 g/mol. The molecule has 1 aromatic rings. The topological polar surface area (TPSA) is 15.3 Å². The van der Waals surface area contributed by atoms with Crippen LogP contribution in [0.15, 0.2) is 24.3 Å². The van der Waals surface area contributed by atoms with E-state index < -0.39 is 0 Å². The highest BCUT2D eigenvalue weighted by molar-refractivity contribution is 5.26. The van der Waals surface area contributed by atoms with Crippen molar-refractivity contribution >= 4 is 0 Å². The van der Waals surface area contributed by atoms with Crippen LogP contribution in [-0.4, -0.2) is 25.0 Å². The first-order valence-corrected chi connectivity index (χ1v) is 6.74. The fraction of sp³-hybridized carbons (Fsp3) is 0.600. The van der Waals surface area contributed by atoms with Crippen LogP contribution in [-0.2, 0) is 13.1 Å². The van der Waals surface area contributed by atoms with Gasteiger partial charge in [0.25, 0.3) is 0 Å². The maximum Gasteiger partial charge on any atom is 0.0233 e. The van der Waals surface area contributed by atoms with Crippen LogP contribution in [0.2, 0.25) is 0 Å². The minimum Gasteiger partial charge on any atom is -0.313 e. The molecule has 0 aliphatic heterocycles. The van der Waals surface area contributed by atoms with Crippen LogP contribution in [0.5, 0.6) is 0 Å². The molecule has 0 aliphatic carbocycles. The minimum absolute atomic E-state index is 0.980. The Morgan fingerprint density at radius 3 is 2.47 bits per heavy atom. The molecule has 0 aromatic heterocycles. The van der Waals surface area contributed by atoms with E-state index in [-0.39, 0.29) is 0 Å². The van der Waals surface area contributed by atoms with Crippen molar-refractivity contribution < 1.29 is 0 Å². The highest BCUT2D eigenvalue weighted by atomic mass is 15.1. The summed E-state index contributed by atoms with van der Waals surface area (Å²) in [5, 5.41) is 3.40. The molecule has 0 amide bonds. The van der Waals surface area contributed by atoms with Crippen molar-refractivity contribution in [3.8, 4) is 0 Å². The van der Waals surface area contributed by atoms with Gasteiger partial charge in [0.05, 0.1) is 0 Å². The molecule has 0 spiro atoms. The van der Waals surface area contributed by atoms with Crippen LogP contribution in [0.4, 0.5) is 0 Å². The first-order chi connectivity index (χ1) is 8.27. The number of unbranched alkanes of at least 4 members (excludes halogenated alkanes) is 1. The molecule has 0 saturated carbocycles. The van der Waals surface area contributed by atoms with E-state index in [9.17, 15) is 0 Å². The number of benzene rings is 1. The molecule has 0 fully saturated rings. The molecule has 96 valence electrons. The summed E-state index contributed by atoms with van der Waals surface area (Å²) in [6, 6.07) is 8.74. The summed E-state index contributed by atoms with van der Waals surface area (Å²) in [5.41, 5.74) is 2.88. The molecule has 0 unspecified atom stereocenters. The predicted octanol–water partition coefficient (Wildman–Crippen LogP) is 3.03. The fourth-order valence-corrected chi connectivity index (χ4v) is 1.94. The Hall–Kier alpha value is -0.860. The number of rotatable bonds is 8. The second-order valence-electron chi connectivity index (χ2n) is 4.64. The second kappa shape index (κ2) is 8.26. The van der Waals surface area contributed by atoms with Crippen molar-refractivity contribution in [2.75, 3.05) is 20.1 Å². The smallest absolute Gasteiger partial charge is 0.0233 e. The van der Waals surface area contributed by atoms with Crippen molar-refractivity contribution in [3.05, 3.63) is 35.4 Å². The molecule has 0 heterocycles. The van der Waals surface area contributed by atoms with Gasteiger partial charge in [-0.05, 0) is 37.7 Å². The Labute approximate surface area is 106 Å². The van der Waals surface area contributed by atoms with Gasteiger partial charge in [0.1, 0.15) is 0 Å². The Bertz CT molecular complexity index is 310. The van der Waals surface area contributed by atoms with E-state index in [4.69, 9.17) is 0 Å². The summed E-state index contributed by atoms with van der Waals surface area (Å²) in [7, 11) is 2.21. The largest absolute Gasteiger partial charge is 0.313 e. The SMILES string of the molecule is CCCCN(C)Cc1ccccc1CNCC. The summed E-state index contributed by atoms with van der Waals surface area (Å²) in [5.74, 6) is 0. The molecule has 0 aliphatic rings. The van der Waals surface area contributed by atoms with Crippen LogP contribution in [0.3, 0.4) is 0 Å². The van der Waals surface area contributed by atoms with E-state index in [0.29, 0.717) is 0 Å². The summed E-state index contributed by atoms with van der Waals surface area (Å²) < 4.78 is 0. The third-order valence-electron chi connectivity index (χ3n) is 3.02. The molecule has 0 bridgehead atoms. The third-order valence-corrected chi connectivity index (χ3v) is 3.02. The molecule has 0 atom stereocenters. The van der Waals surface area contributed by atoms with E-state index in [2.05, 4.69) is 55.4 Å². The summed E-state index contributed by atoms with van der Waals surface area (Å²) >= 11 is 0.